The summed E-state index contributed by atoms with van der Waals surface area (Å²) >= 11 is 5.90. The molecule has 0 saturated carbocycles. The molecule has 3 aromatic rings. The Hall–Kier alpha value is -2.20. The lowest BCUT2D eigenvalue weighted by Gasteiger charge is -2.01. The number of benzene rings is 2. The molecule has 4 N–H and O–H groups in total. The van der Waals surface area contributed by atoms with Gasteiger partial charge in [-0.2, -0.15) is 0 Å². The Kier molecular flexibility index (Phi) is 2.38. The van der Waals surface area contributed by atoms with Crippen LogP contribution < -0.4 is 11.5 Å². The summed E-state index contributed by atoms with van der Waals surface area (Å²) in [5, 5.41) is 0.614. The predicted octanol–water partition coefficient (Wildman–Crippen LogP) is 3.31. The van der Waals surface area contributed by atoms with E-state index in [1.165, 1.54) is 0 Å². The van der Waals surface area contributed by atoms with Gasteiger partial charge in [-0.05, 0) is 36.4 Å². The van der Waals surface area contributed by atoms with Gasteiger partial charge in [-0.25, -0.2) is 4.98 Å². The van der Waals surface area contributed by atoms with Crippen LogP contribution in [-0.4, -0.2) is 4.98 Å². The maximum Gasteiger partial charge on any atom is 0.229 e. The second-order valence-electron chi connectivity index (χ2n) is 3.98. The average molecular weight is 260 g/mol. The van der Waals surface area contributed by atoms with Gasteiger partial charge in [0.2, 0.25) is 5.89 Å². The van der Waals surface area contributed by atoms with Crippen LogP contribution in [0.3, 0.4) is 0 Å². The number of aromatic nitrogens is 1. The molecule has 1 aromatic heterocycles. The Balaban J connectivity index is 2.22. The topological polar surface area (TPSA) is 78.1 Å². The predicted molar refractivity (Wildman–Crippen MR) is 73.3 cm³/mol. The standard InChI is InChI=1S/C13H10ClN3O/c14-7-1-4-12-11(5-7)17-13(18-12)9-6-8(15)2-3-10(9)16/h1-6H,15-16H2. The molecular formula is C13H10ClN3O. The molecule has 0 atom stereocenters. The molecule has 5 heteroatoms. The maximum atomic E-state index is 5.90. The quantitative estimate of drug-likeness (QED) is 0.657. The molecule has 0 aliphatic rings. The largest absolute Gasteiger partial charge is 0.436 e. The molecule has 0 spiro atoms. The number of hydrogen-bond donors (Lipinski definition) is 2. The van der Waals surface area contributed by atoms with Crippen LogP contribution in [0.25, 0.3) is 22.6 Å². The monoisotopic (exact) mass is 259 g/mol. The molecule has 0 aliphatic heterocycles. The Morgan fingerprint density at radius 3 is 2.72 bits per heavy atom. The molecule has 3 rings (SSSR count). The Bertz CT molecular complexity index is 736. The van der Waals surface area contributed by atoms with Crippen molar-refractivity contribution < 1.29 is 4.42 Å². The molecule has 0 unspecified atom stereocenters. The van der Waals surface area contributed by atoms with Crippen LogP contribution in [0.2, 0.25) is 5.02 Å². The summed E-state index contributed by atoms with van der Waals surface area (Å²) in [6, 6.07) is 10.5. The van der Waals surface area contributed by atoms with Crippen molar-refractivity contribution in [2.45, 2.75) is 0 Å². The second kappa shape index (κ2) is 3.92. The molecule has 1 heterocycles. The highest BCUT2D eigenvalue weighted by Gasteiger charge is 2.11. The zero-order chi connectivity index (χ0) is 12.7. The van der Waals surface area contributed by atoms with Crippen molar-refractivity contribution in [2.75, 3.05) is 11.5 Å². The molecule has 18 heavy (non-hydrogen) atoms. The smallest absolute Gasteiger partial charge is 0.229 e. The molecule has 2 aromatic carbocycles. The fourth-order valence-electron chi connectivity index (χ4n) is 1.77. The van der Waals surface area contributed by atoms with Crippen LogP contribution in [0.15, 0.2) is 40.8 Å². The van der Waals surface area contributed by atoms with Gasteiger partial charge in [-0.1, -0.05) is 11.6 Å². The van der Waals surface area contributed by atoms with Crippen LogP contribution in [0.1, 0.15) is 0 Å². The lowest BCUT2D eigenvalue weighted by molar-refractivity contribution is 0.620. The van der Waals surface area contributed by atoms with Crippen LogP contribution >= 0.6 is 11.6 Å². The first-order valence-corrected chi connectivity index (χ1v) is 5.73. The molecule has 0 saturated heterocycles. The molecule has 0 aliphatic carbocycles. The van der Waals surface area contributed by atoms with Gasteiger partial charge in [0.25, 0.3) is 0 Å². The third kappa shape index (κ3) is 1.76. The summed E-state index contributed by atoms with van der Waals surface area (Å²) in [5.41, 5.74) is 14.9. The SMILES string of the molecule is Nc1ccc(N)c(-c2nc3cc(Cl)ccc3o2)c1. The van der Waals surface area contributed by atoms with Crippen molar-refractivity contribution in [3.8, 4) is 11.5 Å². The number of hydrogen-bond acceptors (Lipinski definition) is 4. The minimum absolute atomic E-state index is 0.442. The van der Waals surface area contributed by atoms with E-state index in [-0.39, 0.29) is 0 Å². The van der Waals surface area contributed by atoms with E-state index in [1.54, 1.807) is 36.4 Å². The van der Waals surface area contributed by atoms with Crippen LogP contribution in [0.5, 0.6) is 0 Å². The number of nitrogen functional groups attached to an aromatic ring is 2. The van der Waals surface area contributed by atoms with Gasteiger partial charge >= 0.3 is 0 Å². The van der Waals surface area contributed by atoms with E-state index < -0.39 is 0 Å². The fourth-order valence-corrected chi connectivity index (χ4v) is 1.94. The minimum atomic E-state index is 0.442. The van der Waals surface area contributed by atoms with Gasteiger partial charge in [0, 0.05) is 16.4 Å². The Labute approximate surface area is 108 Å². The molecular weight excluding hydrogens is 250 g/mol. The highest BCUT2D eigenvalue weighted by atomic mass is 35.5. The van der Waals surface area contributed by atoms with Gasteiger partial charge in [0.05, 0.1) is 5.56 Å². The van der Waals surface area contributed by atoms with Crippen LogP contribution in [0.4, 0.5) is 11.4 Å². The second-order valence-corrected chi connectivity index (χ2v) is 4.41. The van der Waals surface area contributed by atoms with Gasteiger partial charge < -0.3 is 15.9 Å². The summed E-state index contributed by atoms with van der Waals surface area (Å²) in [6.07, 6.45) is 0. The van der Waals surface area contributed by atoms with Crippen LogP contribution in [0, 0.1) is 0 Å². The van der Waals surface area contributed by atoms with Gasteiger partial charge in [0.1, 0.15) is 5.52 Å². The summed E-state index contributed by atoms with van der Waals surface area (Å²) in [6.45, 7) is 0. The lowest BCUT2D eigenvalue weighted by Crippen LogP contribution is -1.92. The third-order valence-corrected chi connectivity index (χ3v) is 2.89. The fraction of sp³-hybridized carbons (Fsp3) is 0. The number of anilines is 2. The van der Waals surface area contributed by atoms with Gasteiger partial charge in [0.15, 0.2) is 5.58 Å². The molecule has 0 fully saturated rings. The van der Waals surface area contributed by atoms with Crippen molar-refractivity contribution in [1.29, 1.82) is 0 Å². The first-order chi connectivity index (χ1) is 8.63. The molecule has 0 amide bonds. The van der Waals surface area contributed by atoms with E-state index in [9.17, 15) is 0 Å². The van der Waals surface area contributed by atoms with Crippen molar-refractivity contribution in [3.05, 3.63) is 41.4 Å². The molecule has 0 bridgehead atoms. The van der Waals surface area contributed by atoms with Gasteiger partial charge in [-0.3, -0.25) is 0 Å². The number of nitrogens with zero attached hydrogens (tertiary/aromatic N) is 1. The number of halogens is 1. The number of fused-ring (bicyclic) bond motifs is 1. The van der Waals surface area contributed by atoms with Crippen molar-refractivity contribution >= 4 is 34.1 Å². The zero-order valence-corrected chi connectivity index (χ0v) is 10.1. The number of rotatable bonds is 1. The molecule has 4 nitrogen and oxygen atoms in total. The first kappa shape index (κ1) is 10.9. The van der Waals surface area contributed by atoms with E-state index in [0.29, 0.717) is 39.0 Å². The van der Waals surface area contributed by atoms with Crippen molar-refractivity contribution in [3.63, 3.8) is 0 Å². The third-order valence-electron chi connectivity index (χ3n) is 2.66. The van der Waals surface area contributed by atoms with E-state index in [1.807, 2.05) is 0 Å². The minimum Gasteiger partial charge on any atom is -0.436 e. The number of nitrogens with two attached hydrogens (primary N) is 2. The summed E-state index contributed by atoms with van der Waals surface area (Å²) < 4.78 is 5.64. The highest BCUT2D eigenvalue weighted by molar-refractivity contribution is 6.31. The summed E-state index contributed by atoms with van der Waals surface area (Å²) in [4.78, 5) is 4.36. The van der Waals surface area contributed by atoms with E-state index in [0.717, 1.165) is 0 Å². The number of oxazole rings is 1. The highest BCUT2D eigenvalue weighted by Crippen LogP contribution is 2.30. The zero-order valence-electron chi connectivity index (χ0n) is 9.35. The maximum absolute atomic E-state index is 5.90. The first-order valence-electron chi connectivity index (χ1n) is 5.35. The van der Waals surface area contributed by atoms with Crippen molar-refractivity contribution in [2.24, 2.45) is 0 Å². The van der Waals surface area contributed by atoms with E-state index in [4.69, 9.17) is 27.5 Å². The normalized spacial score (nSPS) is 10.9. The van der Waals surface area contributed by atoms with Crippen LogP contribution in [-0.2, 0) is 0 Å². The lowest BCUT2D eigenvalue weighted by atomic mass is 10.1. The molecule has 90 valence electrons. The van der Waals surface area contributed by atoms with E-state index in [2.05, 4.69) is 4.98 Å². The summed E-state index contributed by atoms with van der Waals surface area (Å²) in [5.74, 6) is 0.442. The Morgan fingerprint density at radius 1 is 1.06 bits per heavy atom. The molecule has 0 radical (unpaired) electrons. The van der Waals surface area contributed by atoms with Crippen molar-refractivity contribution in [1.82, 2.24) is 4.98 Å². The Morgan fingerprint density at radius 2 is 1.89 bits per heavy atom. The average Bonchev–Trinajstić information content (AvgIpc) is 2.74. The van der Waals surface area contributed by atoms with E-state index >= 15 is 0 Å². The van der Waals surface area contributed by atoms with Gasteiger partial charge in [-0.15, -0.1) is 0 Å². The summed E-state index contributed by atoms with van der Waals surface area (Å²) in [7, 11) is 0.